The summed E-state index contributed by atoms with van der Waals surface area (Å²) >= 11 is 0. The van der Waals surface area contributed by atoms with Gasteiger partial charge in [0.2, 0.25) is 5.95 Å². The quantitative estimate of drug-likeness (QED) is 0.439. The van der Waals surface area contributed by atoms with Gasteiger partial charge in [0.25, 0.3) is 5.56 Å². The first-order chi connectivity index (χ1) is 15.9. The van der Waals surface area contributed by atoms with E-state index in [1.165, 1.54) is 0 Å². The molecule has 0 aliphatic carbocycles. The van der Waals surface area contributed by atoms with Gasteiger partial charge in [0.1, 0.15) is 5.69 Å². The van der Waals surface area contributed by atoms with Crippen molar-refractivity contribution in [2.45, 2.75) is 19.9 Å². The number of benzene rings is 1. The van der Waals surface area contributed by atoms with Crippen LogP contribution in [0.25, 0.3) is 11.3 Å². The van der Waals surface area contributed by atoms with Gasteiger partial charge in [-0.25, -0.2) is 9.97 Å². The molecule has 9 nitrogen and oxygen atoms in total. The Kier molecular flexibility index (Phi) is 6.69. The normalized spacial score (nSPS) is 15.2. The van der Waals surface area contributed by atoms with Crippen LogP contribution < -0.4 is 20.9 Å². The second-order valence-electron chi connectivity index (χ2n) is 8.20. The van der Waals surface area contributed by atoms with Gasteiger partial charge in [0.15, 0.2) is 0 Å². The molecule has 9 heteroatoms. The SMILES string of the molecule is CNc1nccc(-c2c[nH]c(=O)c(N=C([O-])c3ccc(N4CCN(C(C)C)CC4)cc3)c2)n1. The van der Waals surface area contributed by atoms with Crippen LogP contribution in [0, 0.1) is 0 Å². The molecule has 0 saturated carbocycles. The van der Waals surface area contributed by atoms with Gasteiger partial charge in [-0.3, -0.25) is 14.7 Å². The fraction of sp³-hybridized carbons (Fsp3) is 0.333. The molecule has 33 heavy (non-hydrogen) atoms. The lowest BCUT2D eigenvalue weighted by Gasteiger charge is -2.38. The maximum atomic E-state index is 12.7. The topological polar surface area (TPSA) is 113 Å². The zero-order chi connectivity index (χ0) is 23.4. The molecule has 0 amide bonds. The van der Waals surface area contributed by atoms with Gasteiger partial charge >= 0.3 is 0 Å². The molecule has 1 aromatic carbocycles. The highest BCUT2D eigenvalue weighted by atomic mass is 16.3. The van der Waals surface area contributed by atoms with E-state index >= 15 is 0 Å². The number of rotatable bonds is 6. The zero-order valence-electron chi connectivity index (χ0n) is 19.1. The Bertz CT molecular complexity index is 1180. The average Bonchev–Trinajstić information content (AvgIpc) is 2.85. The molecular formula is C24H28N7O2-. The second-order valence-corrected chi connectivity index (χ2v) is 8.20. The first-order valence-electron chi connectivity index (χ1n) is 11.0. The minimum absolute atomic E-state index is 0.0380. The number of aliphatic imine (C=N–C) groups is 1. The van der Waals surface area contributed by atoms with Crippen LogP contribution in [0.15, 0.2) is 58.6 Å². The van der Waals surface area contributed by atoms with Crippen LogP contribution in [-0.4, -0.2) is 65.0 Å². The Morgan fingerprint density at radius 3 is 2.55 bits per heavy atom. The Morgan fingerprint density at radius 1 is 1.15 bits per heavy atom. The van der Waals surface area contributed by atoms with Gasteiger partial charge in [-0.1, -0.05) is 12.1 Å². The smallest absolute Gasteiger partial charge is 0.273 e. The predicted octanol–water partition coefficient (Wildman–Crippen LogP) is 1.84. The lowest BCUT2D eigenvalue weighted by Crippen LogP contribution is -2.48. The van der Waals surface area contributed by atoms with Crippen molar-refractivity contribution in [2.24, 2.45) is 4.99 Å². The fourth-order valence-electron chi connectivity index (χ4n) is 3.83. The molecule has 2 N–H and O–H groups in total. The number of nitrogens with one attached hydrogen (secondary N) is 2. The number of aromatic nitrogens is 3. The highest BCUT2D eigenvalue weighted by Gasteiger charge is 2.18. The molecule has 0 radical (unpaired) electrons. The summed E-state index contributed by atoms with van der Waals surface area (Å²) in [5.74, 6) is -0.00796. The van der Waals surface area contributed by atoms with E-state index in [-0.39, 0.29) is 5.69 Å². The van der Waals surface area contributed by atoms with Gasteiger partial charge < -0.3 is 20.3 Å². The van der Waals surface area contributed by atoms with Crippen molar-refractivity contribution in [1.82, 2.24) is 19.9 Å². The zero-order valence-corrected chi connectivity index (χ0v) is 19.1. The van der Waals surface area contributed by atoms with Crippen LogP contribution in [0.4, 0.5) is 17.3 Å². The Hall–Kier alpha value is -3.72. The van der Waals surface area contributed by atoms with Crippen LogP contribution in [0.3, 0.4) is 0 Å². The molecule has 1 saturated heterocycles. The summed E-state index contributed by atoms with van der Waals surface area (Å²) in [6, 6.07) is 11.2. The molecule has 1 aliphatic rings. The monoisotopic (exact) mass is 446 g/mol. The third kappa shape index (κ3) is 5.20. The van der Waals surface area contributed by atoms with Gasteiger partial charge in [0, 0.05) is 62.9 Å². The molecule has 3 aromatic rings. The van der Waals surface area contributed by atoms with Crippen molar-refractivity contribution in [3.8, 4) is 11.3 Å². The standard InChI is InChI=1S/C24H29N7O2/c1-16(2)30-10-12-31(13-11-30)19-6-4-17(5-7-19)22(32)28-21-14-18(15-27-23(21)33)20-8-9-26-24(25-3)29-20/h4-9,14-16H,10-13H2,1-3H3,(H,27,33)(H,28,32)(H,25,26,29)/p-1. The molecule has 0 unspecified atom stereocenters. The lowest BCUT2D eigenvalue weighted by molar-refractivity contribution is -0.212. The molecule has 2 aromatic heterocycles. The molecular weight excluding hydrogens is 418 g/mol. The summed E-state index contributed by atoms with van der Waals surface area (Å²) < 4.78 is 0. The van der Waals surface area contributed by atoms with E-state index in [0.717, 1.165) is 31.9 Å². The van der Waals surface area contributed by atoms with E-state index in [9.17, 15) is 9.90 Å². The minimum Gasteiger partial charge on any atom is -0.858 e. The van der Waals surface area contributed by atoms with E-state index in [1.54, 1.807) is 43.7 Å². The third-order valence-electron chi connectivity index (χ3n) is 5.80. The van der Waals surface area contributed by atoms with Crippen molar-refractivity contribution in [2.75, 3.05) is 43.4 Å². The summed E-state index contributed by atoms with van der Waals surface area (Å²) in [5, 5.41) is 15.6. The third-order valence-corrected chi connectivity index (χ3v) is 5.80. The van der Waals surface area contributed by atoms with Crippen molar-refractivity contribution in [3.63, 3.8) is 0 Å². The van der Waals surface area contributed by atoms with E-state index in [0.29, 0.717) is 28.8 Å². The second kappa shape index (κ2) is 9.83. The van der Waals surface area contributed by atoms with E-state index < -0.39 is 11.5 Å². The molecule has 1 fully saturated rings. The first-order valence-corrected chi connectivity index (χ1v) is 11.0. The molecule has 172 valence electrons. The van der Waals surface area contributed by atoms with Gasteiger partial charge in [-0.15, -0.1) is 0 Å². The highest BCUT2D eigenvalue weighted by Crippen LogP contribution is 2.21. The number of hydrogen-bond donors (Lipinski definition) is 2. The number of aromatic amines is 1. The number of hydrogen-bond acceptors (Lipinski definition) is 8. The average molecular weight is 447 g/mol. The number of piperazine rings is 1. The molecule has 0 bridgehead atoms. The van der Waals surface area contributed by atoms with Crippen molar-refractivity contribution in [3.05, 3.63) is 64.7 Å². The van der Waals surface area contributed by atoms with Gasteiger partial charge in [0.05, 0.1) is 5.69 Å². The summed E-state index contributed by atoms with van der Waals surface area (Å²) in [5.41, 5.74) is 2.36. The van der Waals surface area contributed by atoms with Gasteiger partial charge in [-0.05, 0) is 49.6 Å². The lowest BCUT2D eigenvalue weighted by atomic mass is 10.1. The molecule has 3 heterocycles. The minimum atomic E-state index is -0.465. The van der Waals surface area contributed by atoms with Crippen LogP contribution in [0.2, 0.25) is 0 Å². The molecule has 1 aliphatic heterocycles. The molecule has 4 rings (SSSR count). The number of nitrogens with zero attached hydrogens (tertiary/aromatic N) is 5. The highest BCUT2D eigenvalue weighted by molar-refractivity contribution is 5.93. The Labute approximate surface area is 192 Å². The van der Waals surface area contributed by atoms with Gasteiger partial charge in [-0.2, -0.15) is 0 Å². The van der Waals surface area contributed by atoms with Crippen molar-refractivity contribution in [1.29, 1.82) is 0 Å². The summed E-state index contributed by atoms with van der Waals surface area (Å²) in [7, 11) is 1.72. The summed E-state index contributed by atoms with van der Waals surface area (Å²) in [4.78, 5) is 32.2. The maximum Gasteiger partial charge on any atom is 0.273 e. The summed E-state index contributed by atoms with van der Waals surface area (Å²) in [6.07, 6.45) is 3.16. The number of anilines is 2. The maximum absolute atomic E-state index is 12.7. The van der Waals surface area contributed by atoms with Crippen LogP contribution in [0.1, 0.15) is 19.4 Å². The van der Waals surface area contributed by atoms with Crippen molar-refractivity contribution < 1.29 is 5.11 Å². The Morgan fingerprint density at radius 2 is 1.88 bits per heavy atom. The largest absolute Gasteiger partial charge is 0.858 e. The fourth-order valence-corrected chi connectivity index (χ4v) is 3.83. The van der Waals surface area contributed by atoms with E-state index in [2.05, 4.69) is 48.9 Å². The number of H-pyrrole nitrogens is 1. The molecule has 0 spiro atoms. The first kappa shape index (κ1) is 22.5. The van der Waals surface area contributed by atoms with Crippen LogP contribution >= 0.6 is 0 Å². The predicted molar refractivity (Wildman–Crippen MR) is 129 cm³/mol. The van der Waals surface area contributed by atoms with Crippen molar-refractivity contribution >= 4 is 23.2 Å². The van der Waals surface area contributed by atoms with E-state index in [4.69, 9.17) is 0 Å². The van der Waals surface area contributed by atoms with Crippen LogP contribution in [-0.2, 0) is 0 Å². The molecule has 0 atom stereocenters. The summed E-state index contributed by atoms with van der Waals surface area (Å²) in [6.45, 7) is 8.39. The number of pyridine rings is 1. The Balaban J connectivity index is 1.52. The van der Waals surface area contributed by atoms with E-state index in [1.807, 2.05) is 12.1 Å². The van der Waals surface area contributed by atoms with Crippen LogP contribution in [0.5, 0.6) is 0 Å².